The van der Waals surface area contributed by atoms with Gasteiger partial charge in [0.05, 0.1) is 36.4 Å². The molecule has 3 aromatic rings. The molecule has 1 amide bonds. The minimum atomic E-state index is 0.117. The number of fused-ring (bicyclic) bond motifs is 1. The van der Waals surface area contributed by atoms with Crippen LogP contribution in [0.25, 0.3) is 10.2 Å². The number of thiazole rings is 1. The normalized spacial score (nSPS) is 14.9. The van der Waals surface area contributed by atoms with E-state index in [1.807, 2.05) is 35.2 Å². The highest BCUT2D eigenvalue weighted by atomic mass is 32.1. The van der Waals surface area contributed by atoms with Crippen LogP contribution in [-0.4, -0.2) is 50.3 Å². The number of quaternary nitrogens is 1. The van der Waals surface area contributed by atoms with Crippen LogP contribution in [0.1, 0.15) is 23.1 Å². The van der Waals surface area contributed by atoms with Gasteiger partial charge >= 0.3 is 0 Å². The van der Waals surface area contributed by atoms with Crippen molar-refractivity contribution in [2.45, 2.75) is 26.7 Å². The summed E-state index contributed by atoms with van der Waals surface area (Å²) >= 11 is 1.62. The molecule has 0 unspecified atom stereocenters. The minimum Gasteiger partial charge on any atom is -0.370 e. The summed E-state index contributed by atoms with van der Waals surface area (Å²) in [5.74, 6) is 0.117. The molecule has 1 saturated heterocycles. The van der Waals surface area contributed by atoms with Crippen LogP contribution < -0.4 is 9.80 Å². The zero-order valence-corrected chi connectivity index (χ0v) is 18.6. The number of morpholine rings is 1. The fraction of sp³-hybridized carbons (Fsp3) is 0.417. The SMILES string of the molecule is Cc1ccc2sc(N(CCC[NH+]3CCOCC3)C(=O)Cc3ccccc3)nc2c1C. The maximum atomic E-state index is 13.3. The summed E-state index contributed by atoms with van der Waals surface area (Å²) in [5, 5.41) is 0.816. The van der Waals surface area contributed by atoms with Gasteiger partial charge in [0.2, 0.25) is 5.91 Å². The van der Waals surface area contributed by atoms with Crippen molar-refractivity contribution in [2.24, 2.45) is 0 Å². The first-order valence-corrected chi connectivity index (χ1v) is 11.6. The molecule has 1 aromatic heterocycles. The average Bonchev–Trinajstić information content (AvgIpc) is 3.20. The summed E-state index contributed by atoms with van der Waals surface area (Å²) in [7, 11) is 0. The average molecular weight is 425 g/mol. The van der Waals surface area contributed by atoms with Crippen molar-refractivity contribution in [3.05, 3.63) is 59.2 Å². The summed E-state index contributed by atoms with van der Waals surface area (Å²) in [5.41, 5.74) is 4.49. The number of amides is 1. The number of benzene rings is 2. The van der Waals surface area contributed by atoms with Crippen molar-refractivity contribution < 1.29 is 14.4 Å². The van der Waals surface area contributed by atoms with Crippen LogP contribution in [0.5, 0.6) is 0 Å². The smallest absolute Gasteiger partial charge is 0.233 e. The number of nitrogens with zero attached hydrogens (tertiary/aromatic N) is 2. The number of aromatic nitrogens is 1. The Kier molecular flexibility index (Phi) is 6.77. The predicted molar refractivity (Wildman–Crippen MR) is 123 cm³/mol. The second-order valence-corrected chi connectivity index (χ2v) is 9.03. The topological polar surface area (TPSA) is 46.9 Å². The molecule has 0 spiro atoms. The summed E-state index contributed by atoms with van der Waals surface area (Å²) in [6, 6.07) is 14.2. The van der Waals surface area contributed by atoms with Gasteiger partial charge in [0.15, 0.2) is 5.13 Å². The Balaban J connectivity index is 1.54. The van der Waals surface area contributed by atoms with Crippen LogP contribution in [0.3, 0.4) is 0 Å². The molecular weight excluding hydrogens is 394 g/mol. The second-order valence-electron chi connectivity index (χ2n) is 8.02. The zero-order valence-electron chi connectivity index (χ0n) is 17.8. The highest BCUT2D eigenvalue weighted by molar-refractivity contribution is 7.22. The Morgan fingerprint density at radius 1 is 1.13 bits per heavy atom. The molecule has 0 bridgehead atoms. The zero-order chi connectivity index (χ0) is 20.9. The molecule has 1 aliphatic heterocycles. The molecule has 4 rings (SSSR count). The maximum Gasteiger partial charge on any atom is 0.233 e. The number of ether oxygens (including phenoxy) is 1. The first kappa shape index (κ1) is 21.0. The van der Waals surface area contributed by atoms with Gasteiger partial charge in [-0.15, -0.1) is 0 Å². The van der Waals surface area contributed by atoms with Crippen LogP contribution >= 0.6 is 11.3 Å². The first-order valence-electron chi connectivity index (χ1n) is 10.7. The Morgan fingerprint density at radius 3 is 2.67 bits per heavy atom. The minimum absolute atomic E-state index is 0.117. The van der Waals surface area contributed by atoms with Gasteiger partial charge in [0.1, 0.15) is 13.1 Å². The lowest BCUT2D eigenvalue weighted by atomic mass is 10.1. The molecule has 6 heteroatoms. The van der Waals surface area contributed by atoms with E-state index in [2.05, 4.69) is 26.0 Å². The molecule has 30 heavy (non-hydrogen) atoms. The van der Waals surface area contributed by atoms with Crippen molar-refractivity contribution >= 4 is 32.6 Å². The van der Waals surface area contributed by atoms with Gasteiger partial charge in [0, 0.05) is 13.0 Å². The van der Waals surface area contributed by atoms with Gasteiger partial charge in [-0.25, -0.2) is 4.98 Å². The molecule has 158 valence electrons. The highest BCUT2D eigenvalue weighted by Gasteiger charge is 2.22. The highest BCUT2D eigenvalue weighted by Crippen LogP contribution is 2.32. The standard InChI is InChI=1S/C24H29N3O2S/c1-18-9-10-21-23(19(18)2)25-24(30-21)27(12-6-11-26-13-15-29-16-14-26)22(28)17-20-7-4-3-5-8-20/h3-5,7-10H,6,11-17H2,1-2H3/p+1. The lowest BCUT2D eigenvalue weighted by Crippen LogP contribution is -3.14. The lowest BCUT2D eigenvalue weighted by molar-refractivity contribution is -0.908. The van der Waals surface area contributed by atoms with Gasteiger partial charge < -0.3 is 9.64 Å². The third-order valence-corrected chi connectivity index (χ3v) is 6.96. The lowest BCUT2D eigenvalue weighted by Gasteiger charge is -2.25. The number of aryl methyl sites for hydroxylation is 2. The number of nitrogens with one attached hydrogen (secondary N) is 1. The molecular formula is C24H30N3O2S+. The molecule has 1 aliphatic rings. The molecule has 5 nitrogen and oxygen atoms in total. The van der Waals surface area contributed by atoms with Crippen molar-refractivity contribution in [3.8, 4) is 0 Å². The van der Waals surface area contributed by atoms with Crippen LogP contribution in [0.15, 0.2) is 42.5 Å². The van der Waals surface area contributed by atoms with Gasteiger partial charge in [-0.05, 0) is 36.6 Å². The number of rotatable bonds is 7. The first-order chi connectivity index (χ1) is 14.6. The van der Waals surface area contributed by atoms with Crippen LogP contribution in [0.4, 0.5) is 5.13 Å². The summed E-state index contributed by atoms with van der Waals surface area (Å²) < 4.78 is 6.60. The van der Waals surface area contributed by atoms with E-state index >= 15 is 0 Å². The van der Waals surface area contributed by atoms with E-state index in [1.54, 1.807) is 16.2 Å². The quantitative estimate of drug-likeness (QED) is 0.635. The maximum absolute atomic E-state index is 13.3. The van der Waals surface area contributed by atoms with E-state index in [4.69, 9.17) is 9.72 Å². The number of carbonyl (C=O) groups excluding carboxylic acids is 1. The monoisotopic (exact) mass is 424 g/mol. The van der Waals surface area contributed by atoms with Crippen LogP contribution in [0.2, 0.25) is 0 Å². The van der Waals surface area contributed by atoms with Crippen LogP contribution in [-0.2, 0) is 16.0 Å². The Labute approximate surface area is 182 Å². The van der Waals surface area contributed by atoms with Crippen molar-refractivity contribution in [2.75, 3.05) is 44.3 Å². The summed E-state index contributed by atoms with van der Waals surface area (Å²) in [6.07, 6.45) is 1.36. The van der Waals surface area contributed by atoms with Gasteiger partial charge in [-0.2, -0.15) is 0 Å². The van der Waals surface area contributed by atoms with Crippen molar-refractivity contribution in [1.82, 2.24) is 4.98 Å². The van der Waals surface area contributed by atoms with E-state index in [-0.39, 0.29) is 5.91 Å². The molecule has 0 atom stereocenters. The number of hydrogen-bond donors (Lipinski definition) is 1. The number of anilines is 1. The largest absolute Gasteiger partial charge is 0.370 e. The Bertz CT molecular complexity index is 996. The molecule has 0 aliphatic carbocycles. The van der Waals surface area contributed by atoms with E-state index in [0.29, 0.717) is 13.0 Å². The number of carbonyl (C=O) groups is 1. The van der Waals surface area contributed by atoms with Crippen molar-refractivity contribution in [1.29, 1.82) is 0 Å². The molecule has 0 radical (unpaired) electrons. The predicted octanol–water partition coefficient (Wildman–Crippen LogP) is 2.79. The Hall–Kier alpha value is -2.28. The fourth-order valence-electron chi connectivity index (χ4n) is 3.92. The van der Waals surface area contributed by atoms with E-state index in [9.17, 15) is 4.79 Å². The van der Waals surface area contributed by atoms with Crippen molar-refractivity contribution in [3.63, 3.8) is 0 Å². The third-order valence-electron chi connectivity index (χ3n) is 5.92. The van der Waals surface area contributed by atoms with E-state index < -0.39 is 0 Å². The number of hydrogen-bond acceptors (Lipinski definition) is 4. The molecule has 1 fully saturated rings. The third kappa shape index (κ3) is 4.89. The molecule has 2 aromatic carbocycles. The molecule has 1 N–H and O–H groups in total. The summed E-state index contributed by atoms with van der Waals surface area (Å²) in [4.78, 5) is 21.7. The van der Waals surface area contributed by atoms with Gasteiger partial charge in [0.25, 0.3) is 0 Å². The van der Waals surface area contributed by atoms with Gasteiger partial charge in [-0.1, -0.05) is 47.7 Å². The summed E-state index contributed by atoms with van der Waals surface area (Å²) in [6.45, 7) is 9.76. The molecule has 0 saturated carbocycles. The second kappa shape index (κ2) is 9.69. The Morgan fingerprint density at radius 2 is 1.90 bits per heavy atom. The molecule has 2 heterocycles. The fourth-order valence-corrected chi connectivity index (χ4v) is 4.99. The van der Waals surface area contributed by atoms with Crippen LogP contribution in [0, 0.1) is 13.8 Å². The van der Waals surface area contributed by atoms with E-state index in [1.165, 1.54) is 11.1 Å². The van der Waals surface area contributed by atoms with Gasteiger partial charge in [-0.3, -0.25) is 9.69 Å². The van der Waals surface area contributed by atoms with E-state index in [0.717, 1.165) is 60.2 Å².